The van der Waals surface area contributed by atoms with Gasteiger partial charge in [0.25, 0.3) is 5.91 Å². The summed E-state index contributed by atoms with van der Waals surface area (Å²) in [5, 5.41) is 2.79. The van der Waals surface area contributed by atoms with Gasteiger partial charge in [-0.1, -0.05) is 30.3 Å². The lowest BCUT2D eigenvalue weighted by molar-refractivity contribution is -0.153. The van der Waals surface area contributed by atoms with Crippen molar-refractivity contribution in [1.82, 2.24) is 15.2 Å². The van der Waals surface area contributed by atoms with E-state index in [-0.39, 0.29) is 18.1 Å². The molecule has 0 saturated carbocycles. The molecule has 4 rings (SSSR count). The summed E-state index contributed by atoms with van der Waals surface area (Å²) in [6.45, 7) is 3.68. The molecular formula is C28H28FN3O4. The summed E-state index contributed by atoms with van der Waals surface area (Å²) < 4.78 is 18.3. The highest BCUT2D eigenvalue weighted by Gasteiger charge is 2.50. The van der Waals surface area contributed by atoms with Gasteiger partial charge in [-0.2, -0.15) is 0 Å². The van der Waals surface area contributed by atoms with Crippen LogP contribution < -0.4 is 5.32 Å². The first-order chi connectivity index (χ1) is 17.2. The third kappa shape index (κ3) is 5.27. The molecule has 2 heterocycles. The van der Waals surface area contributed by atoms with Gasteiger partial charge in [0.05, 0.1) is 7.11 Å². The molecule has 186 valence electrons. The topological polar surface area (TPSA) is 88.6 Å². The second-order valence-corrected chi connectivity index (χ2v) is 9.44. The number of likely N-dealkylation sites (tertiary alicyclic amines) is 1. The number of aromatic nitrogens is 1. The number of hydrogen-bond donors (Lipinski definition) is 1. The van der Waals surface area contributed by atoms with Crippen molar-refractivity contribution in [1.29, 1.82) is 0 Å². The molecule has 1 aliphatic rings. The van der Waals surface area contributed by atoms with Crippen molar-refractivity contribution in [3.8, 4) is 11.1 Å². The van der Waals surface area contributed by atoms with Gasteiger partial charge in [-0.15, -0.1) is 0 Å². The van der Waals surface area contributed by atoms with Crippen LogP contribution in [0.15, 0.2) is 73.1 Å². The fourth-order valence-corrected chi connectivity index (χ4v) is 4.71. The summed E-state index contributed by atoms with van der Waals surface area (Å²) in [4.78, 5) is 44.6. The molecule has 1 aromatic heterocycles. The zero-order valence-electron chi connectivity index (χ0n) is 20.4. The molecule has 1 fully saturated rings. The fourth-order valence-electron chi connectivity index (χ4n) is 4.71. The maximum absolute atomic E-state index is 13.5. The van der Waals surface area contributed by atoms with Crippen molar-refractivity contribution in [2.24, 2.45) is 0 Å². The van der Waals surface area contributed by atoms with Crippen molar-refractivity contribution < 1.29 is 23.5 Å². The number of amides is 2. The molecule has 0 spiro atoms. The third-order valence-electron chi connectivity index (χ3n) is 6.43. The molecule has 0 unspecified atom stereocenters. The molecule has 7 nitrogen and oxygen atoms in total. The molecule has 8 heteroatoms. The number of pyridine rings is 1. The Morgan fingerprint density at radius 2 is 1.78 bits per heavy atom. The Balaban J connectivity index is 1.51. The van der Waals surface area contributed by atoms with E-state index in [1.165, 1.54) is 24.1 Å². The SMILES string of the molecule is COC(=O)[C@@H]1C[C@H](NC(=O)c2ccc(-c3cccnc3)cc2)C(=O)N1C(C)(C)Cc1ccc(F)cc1. The lowest BCUT2D eigenvalue weighted by Crippen LogP contribution is -2.54. The summed E-state index contributed by atoms with van der Waals surface area (Å²) in [6.07, 6.45) is 3.91. The van der Waals surface area contributed by atoms with E-state index in [9.17, 15) is 18.8 Å². The monoisotopic (exact) mass is 489 g/mol. The van der Waals surface area contributed by atoms with Crippen LogP contribution >= 0.6 is 0 Å². The molecule has 3 aromatic rings. The first-order valence-corrected chi connectivity index (χ1v) is 11.7. The van der Waals surface area contributed by atoms with Crippen LogP contribution in [-0.4, -0.2) is 52.4 Å². The molecule has 2 amide bonds. The molecule has 0 bridgehead atoms. The standard InChI is InChI=1S/C28H28FN3O4/c1-28(2,16-18-6-12-22(29)13-7-18)32-24(27(35)36-3)15-23(26(32)34)31-25(33)20-10-8-19(9-11-20)21-5-4-14-30-17-21/h4-14,17,23-24H,15-16H2,1-3H3,(H,31,33)/t23-,24-/m0/s1. The van der Waals surface area contributed by atoms with E-state index in [1.807, 2.05) is 38.1 Å². The van der Waals surface area contributed by atoms with E-state index < -0.39 is 29.5 Å². The van der Waals surface area contributed by atoms with Crippen molar-refractivity contribution in [2.75, 3.05) is 7.11 Å². The maximum atomic E-state index is 13.5. The number of carbonyl (C=O) groups is 3. The van der Waals surface area contributed by atoms with Crippen LogP contribution in [0.25, 0.3) is 11.1 Å². The molecule has 2 aromatic carbocycles. The Morgan fingerprint density at radius 3 is 2.39 bits per heavy atom. The number of esters is 1. The number of benzene rings is 2. The van der Waals surface area contributed by atoms with E-state index in [4.69, 9.17) is 4.74 Å². The smallest absolute Gasteiger partial charge is 0.328 e. The van der Waals surface area contributed by atoms with Crippen LogP contribution in [0.3, 0.4) is 0 Å². The van der Waals surface area contributed by atoms with Crippen LogP contribution in [0.1, 0.15) is 36.2 Å². The highest BCUT2D eigenvalue weighted by atomic mass is 19.1. The summed E-state index contributed by atoms with van der Waals surface area (Å²) in [7, 11) is 1.27. The largest absolute Gasteiger partial charge is 0.467 e. The van der Waals surface area contributed by atoms with Gasteiger partial charge in [0.1, 0.15) is 17.9 Å². The first-order valence-electron chi connectivity index (χ1n) is 11.7. The summed E-state index contributed by atoms with van der Waals surface area (Å²) in [5.74, 6) is -1.67. The highest BCUT2D eigenvalue weighted by Crippen LogP contribution is 2.32. The van der Waals surface area contributed by atoms with Crippen molar-refractivity contribution in [3.63, 3.8) is 0 Å². The number of ether oxygens (including phenoxy) is 1. The summed E-state index contributed by atoms with van der Waals surface area (Å²) >= 11 is 0. The number of rotatable bonds is 7. The van der Waals surface area contributed by atoms with Gasteiger partial charge in [-0.05, 0) is 67.3 Å². The molecule has 2 atom stereocenters. The van der Waals surface area contributed by atoms with Gasteiger partial charge < -0.3 is 15.0 Å². The molecule has 1 saturated heterocycles. The zero-order valence-corrected chi connectivity index (χ0v) is 20.4. The Bertz CT molecular complexity index is 1240. The molecule has 36 heavy (non-hydrogen) atoms. The number of methoxy groups -OCH3 is 1. The van der Waals surface area contributed by atoms with Crippen molar-refractivity contribution >= 4 is 17.8 Å². The Kier molecular flexibility index (Phi) is 7.15. The Labute approximate surface area is 209 Å². The van der Waals surface area contributed by atoms with Crippen LogP contribution in [0, 0.1) is 5.82 Å². The van der Waals surface area contributed by atoms with Crippen molar-refractivity contribution in [2.45, 2.75) is 44.3 Å². The van der Waals surface area contributed by atoms with Gasteiger partial charge in [0, 0.05) is 29.9 Å². The average molecular weight is 490 g/mol. The second kappa shape index (κ2) is 10.3. The molecule has 0 aliphatic carbocycles. The quantitative estimate of drug-likeness (QED) is 0.511. The van der Waals surface area contributed by atoms with Crippen LogP contribution in [0.4, 0.5) is 4.39 Å². The van der Waals surface area contributed by atoms with E-state index >= 15 is 0 Å². The Morgan fingerprint density at radius 1 is 1.08 bits per heavy atom. The number of hydrogen-bond acceptors (Lipinski definition) is 5. The van der Waals surface area contributed by atoms with Gasteiger partial charge in [0.2, 0.25) is 5.91 Å². The second-order valence-electron chi connectivity index (χ2n) is 9.44. The first kappa shape index (κ1) is 25.0. The lowest BCUT2D eigenvalue weighted by Gasteiger charge is -2.39. The predicted molar refractivity (Wildman–Crippen MR) is 132 cm³/mol. The average Bonchev–Trinajstić information content (AvgIpc) is 3.22. The predicted octanol–water partition coefficient (Wildman–Crippen LogP) is 3.78. The minimum atomic E-state index is -0.882. The van der Waals surface area contributed by atoms with Gasteiger partial charge in [0.15, 0.2) is 0 Å². The van der Waals surface area contributed by atoms with E-state index in [1.54, 1.807) is 36.7 Å². The van der Waals surface area contributed by atoms with Crippen LogP contribution in [-0.2, 0) is 20.7 Å². The molecule has 1 aliphatic heterocycles. The van der Waals surface area contributed by atoms with Crippen molar-refractivity contribution in [3.05, 3.63) is 90.0 Å². The normalized spacial score (nSPS) is 17.7. The molecule has 1 N–H and O–H groups in total. The summed E-state index contributed by atoms with van der Waals surface area (Å²) in [6, 6.07) is 15.1. The van der Waals surface area contributed by atoms with Gasteiger partial charge in [-0.25, -0.2) is 9.18 Å². The molecule has 0 radical (unpaired) electrons. The van der Waals surface area contributed by atoms with E-state index in [0.717, 1.165) is 16.7 Å². The number of carbonyl (C=O) groups excluding carboxylic acids is 3. The number of halogens is 1. The van der Waals surface area contributed by atoms with E-state index in [0.29, 0.717) is 12.0 Å². The summed E-state index contributed by atoms with van der Waals surface area (Å²) in [5.41, 5.74) is 2.26. The minimum absolute atomic E-state index is 0.0951. The highest BCUT2D eigenvalue weighted by molar-refractivity contribution is 6.00. The Hall–Kier alpha value is -4.07. The van der Waals surface area contributed by atoms with Crippen LogP contribution in [0.5, 0.6) is 0 Å². The number of nitrogens with one attached hydrogen (secondary N) is 1. The fraction of sp³-hybridized carbons (Fsp3) is 0.286. The number of nitrogens with zero attached hydrogens (tertiary/aromatic N) is 2. The maximum Gasteiger partial charge on any atom is 0.328 e. The van der Waals surface area contributed by atoms with Gasteiger partial charge >= 0.3 is 5.97 Å². The minimum Gasteiger partial charge on any atom is -0.467 e. The zero-order chi connectivity index (χ0) is 25.9. The van der Waals surface area contributed by atoms with Crippen LogP contribution in [0.2, 0.25) is 0 Å². The third-order valence-corrected chi connectivity index (χ3v) is 6.43. The van der Waals surface area contributed by atoms with E-state index in [2.05, 4.69) is 10.3 Å². The lowest BCUT2D eigenvalue weighted by atomic mass is 9.92. The van der Waals surface area contributed by atoms with Gasteiger partial charge in [-0.3, -0.25) is 14.6 Å². The molecular weight excluding hydrogens is 461 g/mol.